The van der Waals surface area contributed by atoms with Gasteiger partial charge in [-0.2, -0.15) is 0 Å². The molecular weight excluding hydrogens is 262 g/mol. The monoisotopic (exact) mass is 285 g/mol. The average molecular weight is 285 g/mol. The van der Waals surface area contributed by atoms with E-state index in [0.717, 1.165) is 12.8 Å². The molecular formula is C13H23N3O4. The second kappa shape index (κ2) is 7.72. The van der Waals surface area contributed by atoms with E-state index in [1.54, 1.807) is 0 Å². The molecule has 2 atom stereocenters. The smallest absolute Gasteiger partial charge is 0.326 e. The molecule has 1 rings (SSSR count). The van der Waals surface area contributed by atoms with E-state index in [-0.39, 0.29) is 5.91 Å². The summed E-state index contributed by atoms with van der Waals surface area (Å²) < 4.78 is 0. The maximum Gasteiger partial charge on any atom is 0.326 e. The molecule has 0 aromatic heterocycles. The quantitative estimate of drug-likeness (QED) is 0.663. The Balaban J connectivity index is 2.66. The van der Waals surface area contributed by atoms with Crippen molar-refractivity contribution in [1.29, 1.82) is 0 Å². The lowest BCUT2D eigenvalue weighted by atomic mass is 10.1. The van der Waals surface area contributed by atoms with E-state index < -0.39 is 24.1 Å². The number of piperazine rings is 1. The number of hydrogen-bond acceptors (Lipinski definition) is 3. The molecule has 1 aliphatic heterocycles. The lowest BCUT2D eigenvalue weighted by Gasteiger charge is -2.35. The van der Waals surface area contributed by atoms with Gasteiger partial charge in [0.05, 0.1) is 0 Å². The largest absolute Gasteiger partial charge is 0.480 e. The van der Waals surface area contributed by atoms with Gasteiger partial charge in [-0.15, -0.1) is 0 Å². The summed E-state index contributed by atoms with van der Waals surface area (Å²) in [7, 11) is 0. The molecule has 0 aliphatic carbocycles. The molecule has 0 radical (unpaired) electrons. The average Bonchev–Trinajstić information content (AvgIpc) is 2.42. The molecule has 1 saturated heterocycles. The Morgan fingerprint density at radius 1 is 1.50 bits per heavy atom. The van der Waals surface area contributed by atoms with Crippen molar-refractivity contribution >= 4 is 17.9 Å². The summed E-state index contributed by atoms with van der Waals surface area (Å²) in [6.45, 7) is 4.58. The second-order valence-electron chi connectivity index (χ2n) is 4.89. The molecule has 0 aromatic rings. The predicted octanol–water partition coefficient (Wildman–Crippen LogP) is 0.550. The van der Waals surface area contributed by atoms with Crippen LogP contribution < -0.4 is 10.6 Å². The molecule has 7 heteroatoms. The molecule has 0 aromatic carbocycles. The molecule has 7 nitrogen and oxygen atoms in total. The standard InChI is InChI=1S/C13H23N3O4/c1-3-5-6-9(12(18)19)15-13(20)16-8-7-14-11(17)10(16)4-2/h9-10H,3-8H2,1-2H3,(H,14,17)(H,15,20)(H,18,19)/t9-,10?/m0/s1. The number of aliphatic carboxylic acids is 1. The Bertz CT molecular complexity index is 373. The third kappa shape index (κ3) is 4.11. The number of carboxylic acids is 1. The fourth-order valence-corrected chi connectivity index (χ4v) is 2.26. The van der Waals surface area contributed by atoms with Crippen LogP contribution in [0.2, 0.25) is 0 Å². The maximum absolute atomic E-state index is 12.2. The van der Waals surface area contributed by atoms with Crippen LogP contribution >= 0.6 is 0 Å². The fourth-order valence-electron chi connectivity index (χ4n) is 2.26. The zero-order valence-electron chi connectivity index (χ0n) is 12.0. The zero-order chi connectivity index (χ0) is 15.1. The van der Waals surface area contributed by atoms with Crippen molar-refractivity contribution in [2.45, 2.75) is 51.6 Å². The summed E-state index contributed by atoms with van der Waals surface area (Å²) in [6.07, 6.45) is 2.50. The van der Waals surface area contributed by atoms with Crippen molar-refractivity contribution in [1.82, 2.24) is 15.5 Å². The molecule has 1 unspecified atom stereocenters. The van der Waals surface area contributed by atoms with E-state index >= 15 is 0 Å². The Kier molecular flexibility index (Phi) is 6.27. The number of carboxylic acid groups (broad SMARTS) is 1. The van der Waals surface area contributed by atoms with Gasteiger partial charge >= 0.3 is 12.0 Å². The summed E-state index contributed by atoms with van der Waals surface area (Å²) in [5.74, 6) is -1.23. The minimum atomic E-state index is -1.04. The first kappa shape index (κ1) is 16.3. The molecule has 1 fully saturated rings. The van der Waals surface area contributed by atoms with Gasteiger partial charge in [0.2, 0.25) is 5.91 Å². The third-order valence-corrected chi connectivity index (χ3v) is 3.42. The molecule has 3 N–H and O–H groups in total. The Hall–Kier alpha value is -1.79. The zero-order valence-corrected chi connectivity index (χ0v) is 12.0. The minimum absolute atomic E-state index is 0.186. The summed E-state index contributed by atoms with van der Waals surface area (Å²) in [5.41, 5.74) is 0. The van der Waals surface area contributed by atoms with Gasteiger partial charge in [0.1, 0.15) is 12.1 Å². The molecule has 0 bridgehead atoms. The highest BCUT2D eigenvalue weighted by molar-refractivity contribution is 5.89. The number of amides is 3. The van der Waals surface area contributed by atoms with Gasteiger partial charge in [-0.3, -0.25) is 4.79 Å². The second-order valence-corrected chi connectivity index (χ2v) is 4.89. The first-order chi connectivity index (χ1) is 9.51. The summed E-state index contributed by atoms with van der Waals surface area (Å²) in [6, 6.07) is -1.90. The van der Waals surface area contributed by atoms with Gasteiger partial charge < -0.3 is 20.6 Å². The van der Waals surface area contributed by atoms with E-state index in [2.05, 4.69) is 10.6 Å². The Morgan fingerprint density at radius 3 is 2.75 bits per heavy atom. The number of carbonyl (C=O) groups is 3. The first-order valence-electron chi connectivity index (χ1n) is 7.08. The van der Waals surface area contributed by atoms with E-state index in [1.165, 1.54) is 4.90 Å². The van der Waals surface area contributed by atoms with Crippen LogP contribution in [-0.2, 0) is 9.59 Å². The number of hydrogen-bond donors (Lipinski definition) is 3. The Morgan fingerprint density at radius 2 is 2.20 bits per heavy atom. The van der Waals surface area contributed by atoms with Gasteiger partial charge in [-0.1, -0.05) is 26.7 Å². The van der Waals surface area contributed by atoms with Crippen LogP contribution in [0, 0.1) is 0 Å². The molecule has 1 heterocycles. The number of nitrogens with zero attached hydrogens (tertiary/aromatic N) is 1. The van der Waals surface area contributed by atoms with Crippen LogP contribution in [0.4, 0.5) is 4.79 Å². The van der Waals surface area contributed by atoms with Gasteiger partial charge in [0.15, 0.2) is 0 Å². The number of carbonyl (C=O) groups excluding carboxylic acids is 2. The summed E-state index contributed by atoms with van der Waals surface area (Å²) in [4.78, 5) is 36.4. The lowest BCUT2D eigenvalue weighted by molar-refractivity contribution is -0.139. The van der Waals surface area contributed by atoms with Gasteiger partial charge in [-0.25, -0.2) is 9.59 Å². The van der Waals surface area contributed by atoms with Crippen LogP contribution in [0.1, 0.15) is 39.5 Å². The fraction of sp³-hybridized carbons (Fsp3) is 0.769. The predicted molar refractivity (Wildman–Crippen MR) is 73.3 cm³/mol. The van der Waals surface area contributed by atoms with Crippen LogP contribution in [0.15, 0.2) is 0 Å². The summed E-state index contributed by atoms with van der Waals surface area (Å²) >= 11 is 0. The van der Waals surface area contributed by atoms with E-state index in [0.29, 0.717) is 25.9 Å². The number of urea groups is 1. The van der Waals surface area contributed by atoms with Crippen molar-refractivity contribution in [2.75, 3.05) is 13.1 Å². The number of unbranched alkanes of at least 4 members (excludes halogenated alkanes) is 1. The SMILES string of the molecule is CCCC[C@H](NC(=O)N1CCNC(=O)C1CC)C(=O)O. The van der Waals surface area contributed by atoms with Crippen molar-refractivity contribution in [3.8, 4) is 0 Å². The normalized spacial score (nSPS) is 20.2. The number of nitrogens with one attached hydrogen (secondary N) is 2. The van der Waals surface area contributed by atoms with Gasteiger partial charge in [0.25, 0.3) is 0 Å². The number of rotatable bonds is 6. The van der Waals surface area contributed by atoms with Crippen molar-refractivity contribution in [3.05, 3.63) is 0 Å². The molecule has 0 spiro atoms. The molecule has 0 saturated carbocycles. The molecule has 1 aliphatic rings. The van der Waals surface area contributed by atoms with Crippen LogP contribution in [0.25, 0.3) is 0 Å². The highest BCUT2D eigenvalue weighted by Gasteiger charge is 2.33. The van der Waals surface area contributed by atoms with E-state index in [9.17, 15) is 14.4 Å². The first-order valence-corrected chi connectivity index (χ1v) is 7.08. The van der Waals surface area contributed by atoms with Gasteiger partial charge in [0, 0.05) is 13.1 Å². The van der Waals surface area contributed by atoms with E-state index in [4.69, 9.17) is 5.11 Å². The molecule has 114 valence electrons. The topological polar surface area (TPSA) is 98.7 Å². The highest BCUT2D eigenvalue weighted by Crippen LogP contribution is 2.10. The molecule has 3 amide bonds. The highest BCUT2D eigenvalue weighted by atomic mass is 16.4. The van der Waals surface area contributed by atoms with Crippen LogP contribution in [0.5, 0.6) is 0 Å². The van der Waals surface area contributed by atoms with Crippen molar-refractivity contribution in [3.63, 3.8) is 0 Å². The lowest BCUT2D eigenvalue weighted by Crippen LogP contribution is -2.60. The third-order valence-electron chi connectivity index (χ3n) is 3.42. The molecule has 20 heavy (non-hydrogen) atoms. The van der Waals surface area contributed by atoms with Crippen LogP contribution in [0.3, 0.4) is 0 Å². The minimum Gasteiger partial charge on any atom is -0.480 e. The van der Waals surface area contributed by atoms with E-state index in [1.807, 2.05) is 13.8 Å². The maximum atomic E-state index is 12.2. The van der Waals surface area contributed by atoms with Crippen molar-refractivity contribution in [2.24, 2.45) is 0 Å². The van der Waals surface area contributed by atoms with Gasteiger partial charge in [-0.05, 0) is 12.8 Å². The van der Waals surface area contributed by atoms with Crippen LogP contribution in [-0.4, -0.2) is 53.1 Å². The van der Waals surface area contributed by atoms with Crippen molar-refractivity contribution < 1.29 is 19.5 Å². The summed E-state index contributed by atoms with van der Waals surface area (Å²) in [5, 5.41) is 14.3. The Labute approximate surface area is 118 Å².